The van der Waals surface area contributed by atoms with Gasteiger partial charge in [0, 0.05) is 17.9 Å². The van der Waals surface area contributed by atoms with Crippen LogP contribution in [0.25, 0.3) is 0 Å². The predicted molar refractivity (Wildman–Crippen MR) is 64.4 cm³/mol. The lowest BCUT2D eigenvalue weighted by molar-refractivity contribution is -0.133. The Hall–Kier alpha value is -1.36. The Morgan fingerprint density at radius 1 is 1.31 bits per heavy atom. The molecule has 0 aliphatic carbocycles. The smallest absolute Gasteiger partial charge is 0.237 e. The van der Waals surface area contributed by atoms with Crippen molar-refractivity contribution in [1.82, 2.24) is 4.90 Å². The molecule has 1 aromatic carbocycles. The second-order valence-electron chi connectivity index (χ2n) is 3.47. The highest BCUT2D eigenvalue weighted by molar-refractivity contribution is 9.10. The van der Waals surface area contributed by atoms with Gasteiger partial charge in [0.15, 0.2) is 0 Å². The summed E-state index contributed by atoms with van der Waals surface area (Å²) in [5.74, 6) is -0.672. The van der Waals surface area contributed by atoms with Crippen molar-refractivity contribution in [3.8, 4) is 0 Å². The van der Waals surface area contributed by atoms with E-state index in [2.05, 4.69) is 15.9 Å². The molecule has 0 radical (unpaired) electrons. The van der Waals surface area contributed by atoms with Gasteiger partial charge >= 0.3 is 0 Å². The highest BCUT2D eigenvalue weighted by Gasteiger charge is 2.11. The van der Waals surface area contributed by atoms with E-state index < -0.39 is 5.91 Å². The maximum absolute atomic E-state index is 11.3. The van der Waals surface area contributed by atoms with Crippen LogP contribution in [0.5, 0.6) is 0 Å². The minimum absolute atomic E-state index is 0.0502. The fourth-order valence-corrected chi connectivity index (χ4v) is 1.54. The Morgan fingerprint density at radius 2 is 1.88 bits per heavy atom. The van der Waals surface area contributed by atoms with Crippen LogP contribution in [0.1, 0.15) is 12.5 Å². The molecular weight excluding hydrogens is 272 g/mol. The van der Waals surface area contributed by atoms with Gasteiger partial charge in [-0.3, -0.25) is 9.59 Å². The monoisotopic (exact) mass is 284 g/mol. The molecule has 0 saturated heterocycles. The van der Waals surface area contributed by atoms with Crippen LogP contribution in [0.15, 0.2) is 28.7 Å². The fraction of sp³-hybridized carbons (Fsp3) is 0.273. The summed E-state index contributed by atoms with van der Waals surface area (Å²) in [6.07, 6.45) is 0. The minimum atomic E-state index is -0.507. The molecule has 0 atom stereocenters. The Labute approximate surface area is 103 Å². The van der Waals surface area contributed by atoms with E-state index in [0.717, 1.165) is 10.0 Å². The highest BCUT2D eigenvalue weighted by Crippen LogP contribution is 2.12. The molecule has 5 heteroatoms. The molecule has 0 heterocycles. The Kier molecular flexibility index (Phi) is 4.49. The van der Waals surface area contributed by atoms with Gasteiger partial charge in [0.2, 0.25) is 11.8 Å². The first-order valence-corrected chi connectivity index (χ1v) is 5.56. The molecule has 0 fully saturated rings. The summed E-state index contributed by atoms with van der Waals surface area (Å²) >= 11 is 3.33. The van der Waals surface area contributed by atoms with Crippen molar-refractivity contribution in [2.45, 2.75) is 13.5 Å². The zero-order chi connectivity index (χ0) is 12.1. The molecule has 2 N–H and O–H groups in total. The van der Waals surface area contributed by atoms with Crippen molar-refractivity contribution in [1.29, 1.82) is 0 Å². The summed E-state index contributed by atoms with van der Waals surface area (Å²) in [6, 6.07) is 7.55. The van der Waals surface area contributed by atoms with E-state index in [1.54, 1.807) is 0 Å². The third kappa shape index (κ3) is 4.02. The molecule has 2 amide bonds. The van der Waals surface area contributed by atoms with E-state index in [-0.39, 0.29) is 12.5 Å². The number of hydrogen-bond acceptors (Lipinski definition) is 2. The van der Waals surface area contributed by atoms with Crippen molar-refractivity contribution in [2.24, 2.45) is 5.73 Å². The zero-order valence-corrected chi connectivity index (χ0v) is 10.5. The zero-order valence-electron chi connectivity index (χ0n) is 8.94. The lowest BCUT2D eigenvalue weighted by Gasteiger charge is -2.19. The number of rotatable bonds is 4. The molecule has 0 spiro atoms. The lowest BCUT2D eigenvalue weighted by Crippen LogP contribution is -2.36. The van der Waals surface area contributed by atoms with Crippen molar-refractivity contribution < 1.29 is 9.59 Å². The SMILES string of the molecule is CC(=O)N(CC(N)=O)Cc1ccc(Br)cc1. The quantitative estimate of drug-likeness (QED) is 0.905. The number of hydrogen-bond donors (Lipinski definition) is 1. The number of nitrogens with zero attached hydrogens (tertiary/aromatic N) is 1. The van der Waals surface area contributed by atoms with Crippen molar-refractivity contribution in [2.75, 3.05) is 6.54 Å². The number of benzene rings is 1. The van der Waals surface area contributed by atoms with Gasteiger partial charge < -0.3 is 10.6 Å². The predicted octanol–water partition coefficient (Wildman–Crippen LogP) is 1.28. The molecule has 0 bridgehead atoms. The Bertz CT molecular complexity index is 389. The average molecular weight is 285 g/mol. The van der Waals surface area contributed by atoms with Crippen molar-refractivity contribution >= 4 is 27.7 Å². The number of carbonyl (C=O) groups excluding carboxylic acids is 2. The summed E-state index contributed by atoms with van der Waals surface area (Å²) in [5, 5.41) is 0. The van der Waals surface area contributed by atoms with Gasteiger partial charge in [0.25, 0.3) is 0 Å². The van der Waals surface area contributed by atoms with Crippen molar-refractivity contribution in [3.05, 3.63) is 34.3 Å². The van der Waals surface area contributed by atoms with Crippen LogP contribution in [-0.2, 0) is 16.1 Å². The molecule has 0 aromatic heterocycles. The maximum atomic E-state index is 11.3. The van der Waals surface area contributed by atoms with Gasteiger partial charge in [-0.15, -0.1) is 0 Å². The molecule has 0 unspecified atom stereocenters. The molecule has 1 aromatic rings. The Morgan fingerprint density at radius 3 is 2.31 bits per heavy atom. The van der Waals surface area contributed by atoms with Crippen molar-refractivity contribution in [3.63, 3.8) is 0 Å². The molecule has 0 saturated carbocycles. The molecule has 4 nitrogen and oxygen atoms in total. The Balaban J connectivity index is 2.71. The maximum Gasteiger partial charge on any atom is 0.237 e. The van der Waals surface area contributed by atoms with E-state index in [4.69, 9.17) is 5.73 Å². The normalized spacial score (nSPS) is 9.88. The number of nitrogens with two attached hydrogens (primary N) is 1. The second-order valence-corrected chi connectivity index (χ2v) is 4.38. The molecule has 1 rings (SSSR count). The third-order valence-electron chi connectivity index (χ3n) is 2.08. The molecule has 86 valence electrons. The standard InChI is InChI=1S/C11H13BrN2O2/c1-8(15)14(7-11(13)16)6-9-2-4-10(12)5-3-9/h2-5H,6-7H2,1H3,(H2,13,16). The van der Waals surface area contributed by atoms with E-state index >= 15 is 0 Å². The van der Waals surface area contributed by atoms with Crippen LogP contribution in [0.4, 0.5) is 0 Å². The topological polar surface area (TPSA) is 63.4 Å². The van der Waals surface area contributed by atoms with Gasteiger partial charge in [-0.25, -0.2) is 0 Å². The largest absolute Gasteiger partial charge is 0.368 e. The van der Waals surface area contributed by atoms with Gasteiger partial charge in [0.05, 0.1) is 6.54 Å². The molecular formula is C11H13BrN2O2. The van der Waals surface area contributed by atoms with Gasteiger partial charge in [-0.1, -0.05) is 28.1 Å². The average Bonchev–Trinajstić information content (AvgIpc) is 2.19. The fourth-order valence-electron chi connectivity index (χ4n) is 1.28. The molecule has 0 aliphatic rings. The highest BCUT2D eigenvalue weighted by atomic mass is 79.9. The van der Waals surface area contributed by atoms with Crippen LogP contribution in [0, 0.1) is 0 Å². The second kappa shape index (κ2) is 5.65. The van der Waals surface area contributed by atoms with E-state index in [9.17, 15) is 9.59 Å². The van der Waals surface area contributed by atoms with Crippen LogP contribution >= 0.6 is 15.9 Å². The number of primary amides is 1. The van der Waals surface area contributed by atoms with Crippen LogP contribution < -0.4 is 5.73 Å². The van der Waals surface area contributed by atoms with Gasteiger partial charge in [-0.2, -0.15) is 0 Å². The number of halogens is 1. The first-order chi connectivity index (χ1) is 7.49. The minimum Gasteiger partial charge on any atom is -0.368 e. The van der Waals surface area contributed by atoms with Crippen LogP contribution in [0.3, 0.4) is 0 Å². The van der Waals surface area contributed by atoms with E-state index in [1.807, 2.05) is 24.3 Å². The number of amides is 2. The van der Waals surface area contributed by atoms with Gasteiger partial charge in [-0.05, 0) is 17.7 Å². The lowest BCUT2D eigenvalue weighted by atomic mass is 10.2. The summed E-state index contributed by atoms with van der Waals surface area (Å²) in [7, 11) is 0. The summed E-state index contributed by atoms with van der Waals surface area (Å²) in [5.41, 5.74) is 6.03. The van der Waals surface area contributed by atoms with Crippen LogP contribution in [0.2, 0.25) is 0 Å². The first-order valence-electron chi connectivity index (χ1n) is 4.77. The van der Waals surface area contributed by atoms with Crippen LogP contribution in [-0.4, -0.2) is 23.3 Å². The van der Waals surface area contributed by atoms with E-state index in [0.29, 0.717) is 6.54 Å². The third-order valence-corrected chi connectivity index (χ3v) is 2.61. The first kappa shape index (κ1) is 12.7. The number of carbonyl (C=O) groups is 2. The summed E-state index contributed by atoms with van der Waals surface area (Å²) in [4.78, 5) is 23.4. The summed E-state index contributed by atoms with van der Waals surface area (Å²) in [6.45, 7) is 1.76. The molecule has 0 aliphatic heterocycles. The summed E-state index contributed by atoms with van der Waals surface area (Å²) < 4.78 is 0.973. The van der Waals surface area contributed by atoms with E-state index in [1.165, 1.54) is 11.8 Å². The molecule has 16 heavy (non-hydrogen) atoms. The van der Waals surface area contributed by atoms with Gasteiger partial charge in [0.1, 0.15) is 0 Å².